The summed E-state index contributed by atoms with van der Waals surface area (Å²) in [5.74, 6) is 0. The average Bonchev–Trinajstić information content (AvgIpc) is 2.29. The first kappa shape index (κ1) is 18.9. The molecule has 2 heteroatoms. The van der Waals surface area contributed by atoms with Gasteiger partial charge in [-0.25, -0.2) is 0 Å². The summed E-state index contributed by atoms with van der Waals surface area (Å²) >= 11 is 0. The van der Waals surface area contributed by atoms with E-state index in [-0.39, 0.29) is 21.9 Å². The van der Waals surface area contributed by atoms with E-state index in [0.29, 0.717) is 0 Å². The van der Waals surface area contributed by atoms with Crippen LogP contribution >= 0.6 is 12.4 Å². The summed E-state index contributed by atoms with van der Waals surface area (Å²) in [6, 6.07) is 0. The van der Waals surface area contributed by atoms with Gasteiger partial charge in [-0.3, -0.25) is 0 Å². The SMILES string of the molecule is CCCCC(CCCC)(CCCC)[SiH2]C.Cl. The van der Waals surface area contributed by atoms with Crippen molar-refractivity contribution in [2.24, 2.45) is 0 Å². The van der Waals surface area contributed by atoms with Gasteiger partial charge in [0.1, 0.15) is 0 Å². The Labute approximate surface area is 112 Å². The van der Waals surface area contributed by atoms with E-state index < -0.39 is 0 Å². The van der Waals surface area contributed by atoms with Gasteiger partial charge >= 0.3 is 0 Å². The Kier molecular flexibility index (Phi) is 14.1. The van der Waals surface area contributed by atoms with Crippen molar-refractivity contribution < 1.29 is 0 Å². The van der Waals surface area contributed by atoms with Crippen LogP contribution < -0.4 is 0 Å². The maximum Gasteiger partial charge on any atom is 0.0240 e. The second kappa shape index (κ2) is 12.0. The number of unbranched alkanes of at least 4 members (excludes halogenated alkanes) is 3. The Morgan fingerprint density at radius 3 is 1.25 bits per heavy atom. The largest absolute Gasteiger partial charge is 0.147 e. The molecule has 0 N–H and O–H groups in total. The summed E-state index contributed by atoms with van der Waals surface area (Å²) in [5, 5.41) is 0.835. The molecule has 0 fully saturated rings. The highest BCUT2D eigenvalue weighted by molar-refractivity contribution is 6.38. The zero-order valence-corrected chi connectivity index (χ0v) is 14.2. The third-order valence-electron chi connectivity index (χ3n) is 3.93. The van der Waals surface area contributed by atoms with Crippen LogP contribution in [0.4, 0.5) is 0 Å². The Bertz CT molecular complexity index is 115. The molecule has 0 aliphatic carbocycles. The van der Waals surface area contributed by atoms with E-state index in [2.05, 4.69) is 27.3 Å². The zero-order chi connectivity index (χ0) is 11.6. The maximum absolute atomic E-state index is 2.54. The van der Waals surface area contributed by atoms with Crippen molar-refractivity contribution in [3.8, 4) is 0 Å². The second-order valence-electron chi connectivity index (χ2n) is 5.16. The van der Waals surface area contributed by atoms with Gasteiger partial charge in [0, 0.05) is 9.52 Å². The summed E-state index contributed by atoms with van der Waals surface area (Å²) in [5.41, 5.74) is 0. The van der Waals surface area contributed by atoms with Crippen LogP contribution in [0.1, 0.15) is 78.6 Å². The van der Waals surface area contributed by atoms with Crippen LogP contribution in [0.3, 0.4) is 0 Å². The fourth-order valence-electron chi connectivity index (χ4n) is 2.56. The van der Waals surface area contributed by atoms with Crippen molar-refractivity contribution in [2.45, 2.75) is 90.1 Å². The van der Waals surface area contributed by atoms with E-state index in [1.54, 1.807) is 0 Å². The second-order valence-corrected chi connectivity index (χ2v) is 7.37. The minimum Gasteiger partial charge on any atom is -0.147 e. The van der Waals surface area contributed by atoms with Crippen LogP contribution in [0.5, 0.6) is 0 Å². The van der Waals surface area contributed by atoms with E-state index in [1.807, 2.05) is 0 Å². The van der Waals surface area contributed by atoms with Gasteiger partial charge in [0.05, 0.1) is 0 Å². The molecule has 0 aromatic heterocycles. The molecule has 0 heterocycles. The molecular weight excluding hydrogens is 232 g/mol. The standard InChI is InChI=1S/C14H32Si.ClH/c1-5-8-11-14(15-4,12-9-6-2)13-10-7-3;/h5-13,15H2,1-4H3;1H. The van der Waals surface area contributed by atoms with Gasteiger partial charge in [0.15, 0.2) is 0 Å². The molecule has 0 atom stereocenters. The highest BCUT2D eigenvalue weighted by Gasteiger charge is 2.25. The van der Waals surface area contributed by atoms with Crippen molar-refractivity contribution in [3.63, 3.8) is 0 Å². The normalized spacial score (nSPS) is 12.0. The number of hydrogen-bond acceptors (Lipinski definition) is 0. The molecule has 16 heavy (non-hydrogen) atoms. The lowest BCUT2D eigenvalue weighted by atomic mass is 9.89. The molecule has 0 aromatic carbocycles. The van der Waals surface area contributed by atoms with Crippen molar-refractivity contribution in [1.82, 2.24) is 0 Å². The summed E-state index contributed by atoms with van der Waals surface area (Å²) in [7, 11) is 0.160. The van der Waals surface area contributed by atoms with Crippen LogP contribution in [0.25, 0.3) is 0 Å². The van der Waals surface area contributed by atoms with E-state index >= 15 is 0 Å². The monoisotopic (exact) mass is 264 g/mol. The first-order chi connectivity index (χ1) is 7.24. The van der Waals surface area contributed by atoms with Gasteiger partial charge in [0.25, 0.3) is 0 Å². The van der Waals surface area contributed by atoms with Crippen LogP contribution in [0.2, 0.25) is 11.6 Å². The van der Waals surface area contributed by atoms with Gasteiger partial charge in [-0.2, -0.15) is 0 Å². The van der Waals surface area contributed by atoms with Gasteiger partial charge < -0.3 is 0 Å². The first-order valence-corrected chi connectivity index (χ1v) is 9.36. The summed E-state index contributed by atoms with van der Waals surface area (Å²) < 4.78 is 0. The molecule has 0 amide bonds. The summed E-state index contributed by atoms with van der Waals surface area (Å²) in [4.78, 5) is 0. The van der Waals surface area contributed by atoms with E-state index in [0.717, 1.165) is 5.04 Å². The molecule has 0 nitrogen and oxygen atoms in total. The Morgan fingerprint density at radius 1 is 0.750 bits per heavy atom. The van der Waals surface area contributed by atoms with E-state index in [4.69, 9.17) is 0 Å². The third-order valence-corrected chi connectivity index (χ3v) is 6.49. The van der Waals surface area contributed by atoms with Crippen molar-refractivity contribution in [3.05, 3.63) is 0 Å². The fraction of sp³-hybridized carbons (Fsp3) is 1.00. The Balaban J connectivity index is 0. The molecule has 0 rings (SSSR count). The van der Waals surface area contributed by atoms with Crippen molar-refractivity contribution in [1.29, 1.82) is 0 Å². The van der Waals surface area contributed by atoms with Gasteiger partial charge in [-0.15, -0.1) is 12.4 Å². The lowest BCUT2D eigenvalue weighted by molar-refractivity contribution is 0.399. The van der Waals surface area contributed by atoms with Gasteiger partial charge in [0.2, 0.25) is 0 Å². The molecule has 100 valence electrons. The Hall–Kier alpha value is 0.507. The van der Waals surface area contributed by atoms with Crippen molar-refractivity contribution in [2.75, 3.05) is 0 Å². The molecule has 0 aliphatic heterocycles. The average molecular weight is 265 g/mol. The predicted octanol–water partition coefficient (Wildman–Crippen LogP) is 5.35. The predicted molar refractivity (Wildman–Crippen MR) is 82.9 cm³/mol. The molecule has 0 saturated heterocycles. The number of hydrogen-bond donors (Lipinski definition) is 0. The van der Waals surface area contributed by atoms with E-state index in [1.165, 1.54) is 57.8 Å². The molecule has 0 spiro atoms. The number of halogens is 1. The third kappa shape index (κ3) is 7.73. The van der Waals surface area contributed by atoms with Crippen molar-refractivity contribution >= 4 is 21.9 Å². The fourth-order valence-corrected chi connectivity index (χ4v) is 4.37. The molecule has 0 bridgehead atoms. The van der Waals surface area contributed by atoms with Crippen LogP contribution in [0, 0.1) is 0 Å². The number of rotatable bonds is 10. The summed E-state index contributed by atoms with van der Waals surface area (Å²) in [6.07, 6.45) is 13.2. The van der Waals surface area contributed by atoms with Gasteiger partial charge in [-0.05, 0) is 5.04 Å². The smallest absolute Gasteiger partial charge is 0.0240 e. The zero-order valence-electron chi connectivity index (χ0n) is 12.0. The lowest BCUT2D eigenvalue weighted by Gasteiger charge is -2.33. The lowest BCUT2D eigenvalue weighted by Crippen LogP contribution is -2.19. The van der Waals surface area contributed by atoms with Gasteiger partial charge in [-0.1, -0.05) is 85.1 Å². The van der Waals surface area contributed by atoms with Crippen LogP contribution in [0.15, 0.2) is 0 Å². The topological polar surface area (TPSA) is 0 Å². The highest BCUT2D eigenvalue weighted by atomic mass is 35.5. The molecule has 0 aromatic rings. The molecule has 0 radical (unpaired) electrons. The molecule has 0 unspecified atom stereocenters. The quantitative estimate of drug-likeness (QED) is 0.467. The first-order valence-electron chi connectivity index (χ1n) is 7.24. The molecule has 0 saturated carbocycles. The summed E-state index contributed by atoms with van der Waals surface area (Å²) in [6.45, 7) is 9.55. The molecule has 0 aliphatic rings. The minimum absolute atomic E-state index is 0. The maximum atomic E-state index is 2.54. The van der Waals surface area contributed by atoms with Crippen LogP contribution in [-0.4, -0.2) is 9.52 Å². The van der Waals surface area contributed by atoms with Crippen LogP contribution in [-0.2, 0) is 0 Å². The highest BCUT2D eigenvalue weighted by Crippen LogP contribution is 2.42. The minimum atomic E-state index is 0. The van der Waals surface area contributed by atoms with E-state index in [9.17, 15) is 0 Å². The molecular formula is C14H33ClSi. The Morgan fingerprint density at radius 2 is 1.06 bits per heavy atom.